The van der Waals surface area contributed by atoms with Crippen LogP contribution in [0.2, 0.25) is 0 Å². The van der Waals surface area contributed by atoms with E-state index in [4.69, 9.17) is 0 Å². The van der Waals surface area contributed by atoms with Crippen molar-refractivity contribution in [2.45, 2.75) is 82.2 Å². The van der Waals surface area contributed by atoms with E-state index in [0.29, 0.717) is 0 Å². The van der Waals surface area contributed by atoms with Crippen molar-refractivity contribution in [3.05, 3.63) is 54.3 Å². The molecule has 0 saturated heterocycles. The van der Waals surface area contributed by atoms with Gasteiger partial charge in [0.05, 0.1) is 13.1 Å². The summed E-state index contributed by atoms with van der Waals surface area (Å²) in [7, 11) is 1.93. The first-order valence-electron chi connectivity index (χ1n) is 13.2. The van der Waals surface area contributed by atoms with E-state index in [9.17, 15) is 4.79 Å². The van der Waals surface area contributed by atoms with Gasteiger partial charge in [0.15, 0.2) is 0 Å². The monoisotopic (exact) mass is 476 g/mol. The third kappa shape index (κ3) is 19.5. The molecule has 1 aromatic rings. The van der Waals surface area contributed by atoms with Crippen LogP contribution >= 0.6 is 0 Å². The number of carbonyl (C=O) groups excluding carboxylic acids is 1. The minimum atomic E-state index is 0.204. The average Bonchev–Trinajstić information content (AvgIpc) is 2.81. The number of carbonyl (C=O) groups is 1. The first kappa shape index (κ1) is 36.7. The quantitative estimate of drug-likeness (QED) is 0.174. The summed E-state index contributed by atoms with van der Waals surface area (Å²) < 4.78 is 1.09. The molecular formula is C30H58N3O+. The first-order chi connectivity index (χ1) is 16.1. The molecule has 198 valence electrons. The van der Waals surface area contributed by atoms with E-state index in [0.717, 1.165) is 54.3 Å². The summed E-state index contributed by atoms with van der Waals surface area (Å²) in [5.41, 5.74) is 4.73. The highest BCUT2D eigenvalue weighted by Gasteiger charge is 2.26. The lowest BCUT2D eigenvalue weighted by Crippen LogP contribution is -2.49. The number of benzene rings is 1. The summed E-state index contributed by atoms with van der Waals surface area (Å²) >= 11 is 0. The van der Waals surface area contributed by atoms with Gasteiger partial charge in [0, 0.05) is 29.4 Å². The van der Waals surface area contributed by atoms with Gasteiger partial charge in [-0.05, 0) is 50.9 Å². The highest BCUT2D eigenvalue weighted by Crippen LogP contribution is 2.21. The highest BCUT2D eigenvalue weighted by atomic mass is 16.1. The molecule has 0 heterocycles. The van der Waals surface area contributed by atoms with Crippen molar-refractivity contribution >= 4 is 12.0 Å². The van der Waals surface area contributed by atoms with Gasteiger partial charge < -0.3 is 19.9 Å². The Morgan fingerprint density at radius 2 is 1.53 bits per heavy atom. The molecule has 0 aliphatic heterocycles. The molecule has 0 amide bonds. The minimum Gasteiger partial charge on any atom is -0.358 e. The van der Waals surface area contributed by atoms with Gasteiger partial charge in [0.1, 0.15) is 19.4 Å². The van der Waals surface area contributed by atoms with Crippen molar-refractivity contribution in [2.24, 2.45) is 11.8 Å². The lowest BCUT2D eigenvalue weighted by molar-refractivity contribution is -0.935. The zero-order valence-electron chi connectivity index (χ0n) is 24.6. The van der Waals surface area contributed by atoms with E-state index in [1.807, 2.05) is 48.6 Å². The number of nitrogens with one attached hydrogen (secondary N) is 2. The van der Waals surface area contributed by atoms with Crippen LogP contribution in [0.3, 0.4) is 0 Å². The van der Waals surface area contributed by atoms with Crippen LogP contribution in [0, 0.1) is 11.8 Å². The van der Waals surface area contributed by atoms with E-state index >= 15 is 0 Å². The molecule has 1 unspecified atom stereocenters. The second-order valence-corrected chi connectivity index (χ2v) is 9.17. The lowest BCUT2D eigenvalue weighted by Gasteiger charge is -2.39. The van der Waals surface area contributed by atoms with E-state index in [2.05, 4.69) is 75.8 Å². The Morgan fingerprint density at radius 1 is 1.03 bits per heavy atom. The Kier molecular flexibility index (Phi) is 24.6. The van der Waals surface area contributed by atoms with Gasteiger partial charge in [-0.1, -0.05) is 80.7 Å². The largest absolute Gasteiger partial charge is 0.358 e. The van der Waals surface area contributed by atoms with Gasteiger partial charge in [-0.25, -0.2) is 0 Å². The zero-order valence-corrected chi connectivity index (χ0v) is 24.6. The zero-order chi connectivity index (χ0) is 27.2. The van der Waals surface area contributed by atoms with Crippen LogP contribution in [0.1, 0.15) is 81.2 Å². The lowest BCUT2D eigenvalue weighted by atomic mass is 10.1. The summed E-state index contributed by atoms with van der Waals surface area (Å²) in [6.07, 6.45) is 2.17. The molecule has 1 rings (SSSR count). The highest BCUT2D eigenvalue weighted by molar-refractivity contribution is 5.51. The molecule has 4 nitrogen and oxygen atoms in total. The second-order valence-electron chi connectivity index (χ2n) is 9.17. The standard InChI is InChI=1S/C22H38N3.C4H8O.2C2H6/c1-8-25(16-19(4)5,14-13-18(2)3)17-21-9-11-22(12-10-21)24-20(6)15-23-7;1-4(2)3-5;2*1-2/h9-12,18,23-24H,4,6,8,13-17H2,1-3,5,7H3;3-4H,1-2H3;2*1-2H3/q+1;;;. The van der Waals surface area contributed by atoms with Gasteiger partial charge in [0.2, 0.25) is 0 Å². The number of nitrogens with zero attached hydrogens (tertiary/aromatic N) is 1. The van der Waals surface area contributed by atoms with Crippen LogP contribution in [0.4, 0.5) is 5.69 Å². The number of hydrogen-bond donors (Lipinski definition) is 2. The Hall–Kier alpha value is -1.91. The van der Waals surface area contributed by atoms with Crippen LogP contribution in [-0.4, -0.2) is 44.0 Å². The van der Waals surface area contributed by atoms with Crippen molar-refractivity contribution in [3.8, 4) is 0 Å². The maximum atomic E-state index is 9.50. The van der Waals surface area contributed by atoms with Crippen LogP contribution in [0.5, 0.6) is 0 Å². The topological polar surface area (TPSA) is 41.1 Å². The fourth-order valence-corrected chi connectivity index (χ4v) is 3.24. The summed E-state index contributed by atoms with van der Waals surface area (Å²) in [5, 5.41) is 6.45. The SMILES string of the molecule is C=C(C)C[N+](CC)(CCC(C)C)Cc1ccc(NC(=C)CNC)cc1.CC.CC.CC(C)C=O. The molecule has 0 bridgehead atoms. The fourth-order valence-electron chi connectivity index (χ4n) is 3.24. The third-order valence-electron chi connectivity index (χ3n) is 4.91. The van der Waals surface area contributed by atoms with E-state index in [1.54, 1.807) is 0 Å². The summed E-state index contributed by atoms with van der Waals surface area (Å²) in [5.74, 6) is 0.939. The predicted molar refractivity (Wildman–Crippen MR) is 155 cm³/mol. The summed E-state index contributed by atoms with van der Waals surface area (Å²) in [4.78, 5) is 9.50. The molecule has 0 aliphatic rings. The van der Waals surface area contributed by atoms with Crippen molar-refractivity contribution in [1.29, 1.82) is 0 Å². The van der Waals surface area contributed by atoms with Crippen molar-refractivity contribution in [1.82, 2.24) is 5.32 Å². The van der Waals surface area contributed by atoms with E-state index in [-0.39, 0.29) is 5.92 Å². The normalized spacial score (nSPS) is 11.6. The number of quaternary nitrogens is 1. The summed E-state index contributed by atoms with van der Waals surface area (Å²) in [6.45, 7) is 34.2. The molecule has 1 aromatic carbocycles. The van der Waals surface area contributed by atoms with Gasteiger partial charge in [-0.2, -0.15) is 0 Å². The van der Waals surface area contributed by atoms with Gasteiger partial charge in [0.25, 0.3) is 0 Å². The van der Waals surface area contributed by atoms with Crippen LogP contribution in [0.25, 0.3) is 0 Å². The van der Waals surface area contributed by atoms with Gasteiger partial charge in [-0.3, -0.25) is 0 Å². The molecule has 0 aliphatic carbocycles. The van der Waals surface area contributed by atoms with Crippen LogP contribution < -0.4 is 10.6 Å². The van der Waals surface area contributed by atoms with Crippen molar-refractivity contribution in [2.75, 3.05) is 38.5 Å². The maximum absolute atomic E-state index is 9.50. The molecule has 34 heavy (non-hydrogen) atoms. The molecule has 0 radical (unpaired) electrons. The number of rotatable bonds is 13. The Bertz CT molecular complexity index is 635. The van der Waals surface area contributed by atoms with Crippen LogP contribution in [-0.2, 0) is 11.3 Å². The minimum absolute atomic E-state index is 0.204. The molecule has 1 atom stereocenters. The molecule has 0 aromatic heterocycles. The molecule has 4 heteroatoms. The molecular weight excluding hydrogens is 418 g/mol. The summed E-state index contributed by atoms with van der Waals surface area (Å²) in [6, 6.07) is 8.80. The number of hydrogen-bond acceptors (Lipinski definition) is 3. The number of likely N-dealkylation sites (N-methyl/N-ethyl adjacent to an activating group) is 2. The van der Waals surface area contributed by atoms with Crippen molar-refractivity contribution < 1.29 is 9.28 Å². The number of aldehydes is 1. The molecule has 0 fully saturated rings. The maximum Gasteiger partial charge on any atom is 0.122 e. The average molecular weight is 477 g/mol. The van der Waals surface area contributed by atoms with Gasteiger partial charge >= 0.3 is 0 Å². The third-order valence-corrected chi connectivity index (χ3v) is 4.91. The smallest absolute Gasteiger partial charge is 0.122 e. The first-order valence-corrected chi connectivity index (χ1v) is 13.2. The Balaban J connectivity index is -0.000000923. The van der Waals surface area contributed by atoms with Crippen LogP contribution in [0.15, 0.2) is 48.7 Å². The van der Waals surface area contributed by atoms with Crippen molar-refractivity contribution in [3.63, 3.8) is 0 Å². The van der Waals surface area contributed by atoms with E-state index in [1.165, 1.54) is 24.1 Å². The Labute approximate surface area is 213 Å². The number of anilines is 1. The van der Waals surface area contributed by atoms with E-state index < -0.39 is 0 Å². The molecule has 2 N–H and O–H groups in total. The molecule has 0 saturated carbocycles. The molecule has 0 spiro atoms. The van der Waals surface area contributed by atoms with Gasteiger partial charge in [-0.15, -0.1) is 0 Å². The predicted octanol–water partition coefficient (Wildman–Crippen LogP) is 7.68. The Morgan fingerprint density at radius 3 is 1.88 bits per heavy atom. The second kappa shape index (κ2) is 22.9. The fraction of sp³-hybridized carbons (Fsp3) is 0.633.